The fourth-order valence-electron chi connectivity index (χ4n) is 2.48. The van der Waals surface area contributed by atoms with Crippen molar-refractivity contribution >= 4 is 5.97 Å². The van der Waals surface area contributed by atoms with E-state index in [-0.39, 0.29) is 0 Å². The normalized spacial score (nSPS) is 17.1. The van der Waals surface area contributed by atoms with Crippen LogP contribution in [0.3, 0.4) is 0 Å². The lowest BCUT2D eigenvalue weighted by Gasteiger charge is -2.27. The van der Waals surface area contributed by atoms with Gasteiger partial charge in [0.15, 0.2) is 0 Å². The summed E-state index contributed by atoms with van der Waals surface area (Å²) in [5, 5.41) is 12.5. The van der Waals surface area contributed by atoms with E-state index in [4.69, 9.17) is 5.11 Å². The van der Waals surface area contributed by atoms with Gasteiger partial charge in [-0.05, 0) is 31.4 Å². The number of nitrogens with one attached hydrogen (secondary N) is 1. The third-order valence-corrected chi connectivity index (χ3v) is 3.86. The molecule has 0 aromatic heterocycles. The van der Waals surface area contributed by atoms with Crippen molar-refractivity contribution in [3.63, 3.8) is 0 Å². The highest BCUT2D eigenvalue weighted by Gasteiger charge is 2.27. The maximum absolute atomic E-state index is 11.1. The largest absolute Gasteiger partial charge is 0.481 e. The number of hydrogen-bond donors (Lipinski definition) is 2. The maximum Gasteiger partial charge on any atom is 0.309 e. The van der Waals surface area contributed by atoms with Gasteiger partial charge in [0.1, 0.15) is 0 Å². The Kier molecular flexibility index (Phi) is 4.78. The number of piperazine rings is 1. The van der Waals surface area contributed by atoms with Gasteiger partial charge >= 0.3 is 5.97 Å². The molecule has 1 fully saturated rings. The molecule has 0 unspecified atom stereocenters. The van der Waals surface area contributed by atoms with Gasteiger partial charge in [0.2, 0.25) is 0 Å². The summed E-state index contributed by atoms with van der Waals surface area (Å²) in [6, 6.07) is 8.36. The number of benzene rings is 1. The molecule has 1 aliphatic heterocycles. The zero-order valence-corrected chi connectivity index (χ0v) is 12.4. The molecule has 0 spiro atoms. The Hall–Kier alpha value is -1.39. The standard InChI is InChI=1S/C16H24N2O2/c1-16(2,15(19)20)11-13-3-5-14(6-4-13)12-18-9-7-17-8-10-18/h3-6,17H,7-12H2,1-2H3,(H,19,20). The summed E-state index contributed by atoms with van der Waals surface area (Å²) < 4.78 is 0. The van der Waals surface area contributed by atoms with E-state index in [1.54, 1.807) is 13.8 Å². The number of carboxylic acids is 1. The van der Waals surface area contributed by atoms with Crippen LogP contribution in [0, 0.1) is 5.41 Å². The molecule has 0 amide bonds. The summed E-state index contributed by atoms with van der Waals surface area (Å²) in [6.45, 7) is 8.82. The minimum atomic E-state index is -0.748. The van der Waals surface area contributed by atoms with Crippen molar-refractivity contribution in [3.05, 3.63) is 35.4 Å². The molecule has 1 aliphatic rings. The molecule has 0 bridgehead atoms. The van der Waals surface area contributed by atoms with Crippen LogP contribution in [0.1, 0.15) is 25.0 Å². The van der Waals surface area contributed by atoms with E-state index >= 15 is 0 Å². The third kappa shape index (κ3) is 4.05. The van der Waals surface area contributed by atoms with Crippen LogP contribution < -0.4 is 5.32 Å². The van der Waals surface area contributed by atoms with Crippen LogP contribution in [0.2, 0.25) is 0 Å². The Morgan fingerprint density at radius 2 is 1.75 bits per heavy atom. The van der Waals surface area contributed by atoms with E-state index in [2.05, 4.69) is 34.5 Å². The highest BCUT2D eigenvalue weighted by molar-refractivity contribution is 5.74. The first kappa shape index (κ1) is 15.0. The maximum atomic E-state index is 11.1. The lowest BCUT2D eigenvalue weighted by molar-refractivity contribution is -0.146. The summed E-state index contributed by atoms with van der Waals surface area (Å²) in [5.74, 6) is -0.748. The van der Waals surface area contributed by atoms with E-state index < -0.39 is 11.4 Å². The van der Waals surface area contributed by atoms with Crippen LogP contribution in [0.15, 0.2) is 24.3 Å². The van der Waals surface area contributed by atoms with Crippen molar-refractivity contribution in [2.24, 2.45) is 5.41 Å². The molecule has 2 rings (SSSR count). The smallest absolute Gasteiger partial charge is 0.309 e. The number of aliphatic carboxylic acids is 1. The summed E-state index contributed by atoms with van der Waals surface area (Å²) in [6.07, 6.45) is 0.566. The van der Waals surface area contributed by atoms with E-state index in [0.29, 0.717) is 6.42 Å². The molecule has 1 saturated heterocycles. The van der Waals surface area contributed by atoms with Gasteiger partial charge in [0.25, 0.3) is 0 Å². The molecule has 0 radical (unpaired) electrons. The van der Waals surface area contributed by atoms with E-state index in [1.165, 1.54) is 5.56 Å². The van der Waals surface area contributed by atoms with Crippen LogP contribution >= 0.6 is 0 Å². The summed E-state index contributed by atoms with van der Waals surface area (Å²) in [5.41, 5.74) is 1.67. The number of hydrogen-bond acceptors (Lipinski definition) is 3. The Morgan fingerprint density at radius 1 is 1.20 bits per heavy atom. The molecule has 0 atom stereocenters. The van der Waals surface area contributed by atoms with E-state index in [1.807, 2.05) is 0 Å². The van der Waals surface area contributed by atoms with Crippen LogP contribution in [0.5, 0.6) is 0 Å². The Balaban J connectivity index is 1.94. The molecule has 2 N–H and O–H groups in total. The Bertz CT molecular complexity index is 448. The average molecular weight is 276 g/mol. The fraction of sp³-hybridized carbons (Fsp3) is 0.562. The van der Waals surface area contributed by atoms with Crippen molar-refractivity contribution in [2.75, 3.05) is 26.2 Å². The van der Waals surface area contributed by atoms with Crippen LogP contribution in [0.25, 0.3) is 0 Å². The van der Waals surface area contributed by atoms with Crippen molar-refractivity contribution < 1.29 is 9.90 Å². The molecule has 20 heavy (non-hydrogen) atoms. The summed E-state index contributed by atoms with van der Waals surface area (Å²) in [4.78, 5) is 13.6. The second-order valence-electron chi connectivity index (χ2n) is 6.21. The second kappa shape index (κ2) is 6.37. The predicted molar refractivity (Wildman–Crippen MR) is 79.7 cm³/mol. The number of carboxylic acid groups (broad SMARTS) is 1. The number of nitrogens with zero attached hydrogens (tertiary/aromatic N) is 1. The van der Waals surface area contributed by atoms with Gasteiger partial charge in [0.05, 0.1) is 5.41 Å². The van der Waals surface area contributed by atoms with Gasteiger partial charge in [-0.15, -0.1) is 0 Å². The zero-order chi connectivity index (χ0) is 14.6. The molecular formula is C16H24N2O2. The van der Waals surface area contributed by atoms with Gasteiger partial charge < -0.3 is 10.4 Å². The predicted octanol–water partition coefficient (Wildman–Crippen LogP) is 1.75. The Morgan fingerprint density at radius 3 is 2.30 bits per heavy atom. The van der Waals surface area contributed by atoms with Gasteiger partial charge in [-0.3, -0.25) is 9.69 Å². The van der Waals surface area contributed by atoms with Gasteiger partial charge in [-0.25, -0.2) is 0 Å². The van der Waals surface area contributed by atoms with Crippen LogP contribution in [-0.4, -0.2) is 42.2 Å². The topological polar surface area (TPSA) is 52.6 Å². The van der Waals surface area contributed by atoms with Crippen LogP contribution in [0.4, 0.5) is 0 Å². The van der Waals surface area contributed by atoms with E-state index in [9.17, 15) is 4.79 Å². The summed E-state index contributed by atoms with van der Waals surface area (Å²) in [7, 11) is 0. The third-order valence-electron chi connectivity index (χ3n) is 3.86. The van der Waals surface area contributed by atoms with Gasteiger partial charge in [0, 0.05) is 32.7 Å². The first-order chi connectivity index (χ1) is 9.47. The second-order valence-corrected chi connectivity index (χ2v) is 6.21. The summed E-state index contributed by atoms with van der Waals surface area (Å²) >= 11 is 0. The zero-order valence-electron chi connectivity index (χ0n) is 12.4. The quantitative estimate of drug-likeness (QED) is 0.860. The number of carbonyl (C=O) groups is 1. The van der Waals surface area contributed by atoms with Crippen molar-refractivity contribution in [1.82, 2.24) is 10.2 Å². The first-order valence-electron chi connectivity index (χ1n) is 7.22. The van der Waals surface area contributed by atoms with E-state index in [0.717, 1.165) is 38.3 Å². The average Bonchev–Trinajstić information content (AvgIpc) is 2.42. The molecule has 0 saturated carbocycles. The molecule has 1 heterocycles. The highest BCUT2D eigenvalue weighted by Crippen LogP contribution is 2.22. The van der Waals surface area contributed by atoms with Crippen molar-refractivity contribution in [1.29, 1.82) is 0 Å². The lowest BCUT2D eigenvalue weighted by Crippen LogP contribution is -2.42. The van der Waals surface area contributed by atoms with Gasteiger partial charge in [-0.1, -0.05) is 24.3 Å². The monoisotopic (exact) mass is 276 g/mol. The fourth-order valence-corrected chi connectivity index (χ4v) is 2.48. The number of rotatable bonds is 5. The molecule has 0 aliphatic carbocycles. The van der Waals surface area contributed by atoms with Crippen LogP contribution in [-0.2, 0) is 17.8 Å². The molecule has 4 heteroatoms. The molecule has 4 nitrogen and oxygen atoms in total. The van der Waals surface area contributed by atoms with Crippen molar-refractivity contribution in [2.45, 2.75) is 26.8 Å². The Labute approximate surface area is 120 Å². The first-order valence-corrected chi connectivity index (χ1v) is 7.22. The lowest BCUT2D eigenvalue weighted by atomic mass is 9.86. The van der Waals surface area contributed by atoms with Crippen molar-refractivity contribution in [3.8, 4) is 0 Å². The minimum Gasteiger partial charge on any atom is -0.481 e. The molecular weight excluding hydrogens is 252 g/mol. The highest BCUT2D eigenvalue weighted by atomic mass is 16.4. The SMILES string of the molecule is CC(C)(Cc1ccc(CN2CCNCC2)cc1)C(=O)O. The minimum absolute atomic E-state index is 0.566. The molecule has 1 aromatic rings. The van der Waals surface area contributed by atoms with Gasteiger partial charge in [-0.2, -0.15) is 0 Å². The molecule has 1 aromatic carbocycles. The molecule has 110 valence electrons.